The van der Waals surface area contributed by atoms with Crippen LogP contribution in [-0.4, -0.2) is 29.9 Å². The van der Waals surface area contributed by atoms with Crippen molar-refractivity contribution >= 4 is 23.8 Å². The number of rotatable bonds is 3. The molecule has 1 saturated heterocycles. The second-order valence-corrected chi connectivity index (χ2v) is 6.70. The molecule has 0 radical (unpaired) electrons. The lowest BCUT2D eigenvalue weighted by atomic mass is 9.81. The van der Waals surface area contributed by atoms with Gasteiger partial charge in [-0.15, -0.1) is 0 Å². The highest BCUT2D eigenvalue weighted by Crippen LogP contribution is 2.41. The number of amides is 5. The maximum Gasteiger partial charge on any atom is 0.322 e. The van der Waals surface area contributed by atoms with E-state index < -0.39 is 35.4 Å². The van der Waals surface area contributed by atoms with Crippen molar-refractivity contribution in [3.05, 3.63) is 65.7 Å². The van der Waals surface area contributed by atoms with E-state index in [0.717, 1.165) is 5.56 Å². The van der Waals surface area contributed by atoms with E-state index in [1.165, 1.54) is 0 Å². The summed E-state index contributed by atoms with van der Waals surface area (Å²) in [4.78, 5) is 49.1. The van der Waals surface area contributed by atoms with E-state index in [-0.39, 0.29) is 12.8 Å². The Morgan fingerprint density at radius 3 is 2.50 bits per heavy atom. The van der Waals surface area contributed by atoms with Gasteiger partial charge in [0.15, 0.2) is 11.6 Å². The molecule has 2 aromatic rings. The Labute approximate surface area is 160 Å². The highest BCUT2D eigenvalue weighted by molar-refractivity contribution is 6.08. The van der Waals surface area contributed by atoms with Crippen LogP contribution in [0.3, 0.4) is 0 Å². The molecule has 0 bridgehead atoms. The Hall–Kier alpha value is -3.68. The summed E-state index contributed by atoms with van der Waals surface area (Å²) in [5.74, 6) is -1.39. The number of hydrogen-bond donors (Lipinski definition) is 3. The van der Waals surface area contributed by atoms with Gasteiger partial charge in [-0.25, -0.2) is 4.79 Å². The lowest BCUT2D eigenvalue weighted by Crippen LogP contribution is -2.54. The van der Waals surface area contributed by atoms with Crippen LogP contribution in [0.15, 0.2) is 54.6 Å². The van der Waals surface area contributed by atoms with E-state index in [1.807, 2.05) is 6.07 Å². The fourth-order valence-corrected chi connectivity index (χ4v) is 3.52. The number of carbonyl (C=O) groups excluding carboxylic acids is 4. The van der Waals surface area contributed by atoms with Gasteiger partial charge in [-0.05, 0) is 11.6 Å². The van der Waals surface area contributed by atoms with Gasteiger partial charge in [0.05, 0.1) is 6.42 Å². The third-order valence-corrected chi connectivity index (χ3v) is 4.81. The number of nitrogens with one attached hydrogen (secondary N) is 3. The van der Waals surface area contributed by atoms with Gasteiger partial charge in [-0.3, -0.25) is 25.0 Å². The lowest BCUT2D eigenvalue weighted by Gasteiger charge is -2.36. The summed E-state index contributed by atoms with van der Waals surface area (Å²) in [6, 6.07) is 15.0. The minimum Gasteiger partial charge on any atom is -0.480 e. The first-order valence-corrected chi connectivity index (χ1v) is 8.75. The molecule has 142 valence electrons. The number of para-hydroxylation sites is 1. The van der Waals surface area contributed by atoms with Gasteiger partial charge < -0.3 is 10.1 Å². The standard InChI is InChI=1S/C20H17N3O5/c24-16(10-12-6-2-1-3-7-12)21-17(25)15-11-20(18(26)22-19(27)23-20)13-8-4-5-9-14(13)28-15/h1-9,15H,10-11H2,(H,21,24,25)(H2,22,23,26,27). The second-order valence-electron chi connectivity index (χ2n) is 6.70. The third kappa shape index (κ3) is 3.09. The van der Waals surface area contributed by atoms with Crippen LogP contribution in [-0.2, 0) is 26.3 Å². The lowest BCUT2D eigenvalue weighted by molar-refractivity contribution is -0.137. The van der Waals surface area contributed by atoms with Crippen molar-refractivity contribution in [3.63, 3.8) is 0 Å². The van der Waals surface area contributed by atoms with Crippen LogP contribution in [0.2, 0.25) is 0 Å². The maximum absolute atomic E-state index is 12.6. The van der Waals surface area contributed by atoms with Crippen molar-refractivity contribution in [2.45, 2.75) is 24.5 Å². The van der Waals surface area contributed by atoms with E-state index in [2.05, 4.69) is 16.0 Å². The van der Waals surface area contributed by atoms with E-state index in [0.29, 0.717) is 11.3 Å². The Balaban J connectivity index is 1.54. The van der Waals surface area contributed by atoms with Gasteiger partial charge in [-0.2, -0.15) is 0 Å². The minimum atomic E-state index is -1.41. The molecule has 2 unspecified atom stereocenters. The zero-order valence-electron chi connectivity index (χ0n) is 14.7. The molecule has 0 aliphatic carbocycles. The van der Waals surface area contributed by atoms with E-state index in [9.17, 15) is 19.2 Å². The van der Waals surface area contributed by atoms with Gasteiger partial charge in [0.25, 0.3) is 11.8 Å². The first-order valence-electron chi connectivity index (χ1n) is 8.75. The van der Waals surface area contributed by atoms with Gasteiger partial charge in [0.1, 0.15) is 5.75 Å². The average Bonchev–Trinajstić information content (AvgIpc) is 2.96. The van der Waals surface area contributed by atoms with Crippen LogP contribution in [0.25, 0.3) is 0 Å². The molecule has 3 N–H and O–H groups in total. The fourth-order valence-electron chi connectivity index (χ4n) is 3.52. The smallest absolute Gasteiger partial charge is 0.322 e. The molecule has 2 heterocycles. The molecule has 2 aromatic carbocycles. The largest absolute Gasteiger partial charge is 0.480 e. The van der Waals surface area contributed by atoms with Crippen molar-refractivity contribution in [2.75, 3.05) is 0 Å². The van der Waals surface area contributed by atoms with Crippen LogP contribution >= 0.6 is 0 Å². The van der Waals surface area contributed by atoms with Crippen molar-refractivity contribution in [1.82, 2.24) is 16.0 Å². The topological polar surface area (TPSA) is 114 Å². The molecule has 0 saturated carbocycles. The zero-order chi connectivity index (χ0) is 19.7. The summed E-state index contributed by atoms with van der Waals surface area (Å²) in [5, 5.41) is 7.13. The van der Waals surface area contributed by atoms with Crippen molar-refractivity contribution < 1.29 is 23.9 Å². The predicted molar refractivity (Wildman–Crippen MR) is 97.1 cm³/mol. The molecule has 2 aliphatic rings. The summed E-state index contributed by atoms with van der Waals surface area (Å²) >= 11 is 0. The summed E-state index contributed by atoms with van der Waals surface area (Å²) in [7, 11) is 0. The molecule has 2 atom stereocenters. The third-order valence-electron chi connectivity index (χ3n) is 4.81. The van der Waals surface area contributed by atoms with Crippen LogP contribution < -0.4 is 20.7 Å². The van der Waals surface area contributed by atoms with Crippen LogP contribution in [0.5, 0.6) is 5.75 Å². The summed E-state index contributed by atoms with van der Waals surface area (Å²) in [6.45, 7) is 0. The van der Waals surface area contributed by atoms with Crippen molar-refractivity contribution in [1.29, 1.82) is 0 Å². The number of fused-ring (bicyclic) bond motifs is 2. The highest BCUT2D eigenvalue weighted by Gasteiger charge is 2.54. The molecule has 28 heavy (non-hydrogen) atoms. The summed E-state index contributed by atoms with van der Waals surface area (Å²) < 4.78 is 5.72. The van der Waals surface area contributed by atoms with Crippen molar-refractivity contribution in [3.8, 4) is 5.75 Å². The molecule has 1 fully saturated rings. The molecule has 5 amide bonds. The fraction of sp³-hybridized carbons (Fsp3) is 0.200. The second kappa shape index (κ2) is 6.80. The Morgan fingerprint density at radius 1 is 1.07 bits per heavy atom. The van der Waals surface area contributed by atoms with Gasteiger partial charge in [0, 0.05) is 12.0 Å². The van der Waals surface area contributed by atoms with Gasteiger partial charge in [0.2, 0.25) is 5.91 Å². The molecular formula is C20H17N3O5. The van der Waals surface area contributed by atoms with Gasteiger partial charge in [-0.1, -0.05) is 48.5 Å². The van der Waals surface area contributed by atoms with Crippen LogP contribution in [0.4, 0.5) is 4.79 Å². The quantitative estimate of drug-likeness (QED) is 0.682. The molecular weight excluding hydrogens is 362 g/mol. The number of benzene rings is 2. The first kappa shape index (κ1) is 17.7. The number of carbonyl (C=O) groups is 4. The zero-order valence-corrected chi connectivity index (χ0v) is 14.7. The Kier molecular flexibility index (Phi) is 4.31. The van der Waals surface area contributed by atoms with Crippen LogP contribution in [0.1, 0.15) is 17.5 Å². The number of hydrogen-bond acceptors (Lipinski definition) is 5. The first-order chi connectivity index (χ1) is 13.5. The van der Waals surface area contributed by atoms with E-state index in [4.69, 9.17) is 4.74 Å². The molecule has 0 aromatic heterocycles. The Morgan fingerprint density at radius 2 is 1.79 bits per heavy atom. The predicted octanol–water partition coefficient (Wildman–Crippen LogP) is 0.758. The molecule has 8 heteroatoms. The van der Waals surface area contributed by atoms with E-state index >= 15 is 0 Å². The normalized spacial score (nSPS) is 22.6. The Bertz CT molecular complexity index is 975. The van der Waals surface area contributed by atoms with Crippen molar-refractivity contribution in [2.24, 2.45) is 0 Å². The average molecular weight is 379 g/mol. The van der Waals surface area contributed by atoms with E-state index in [1.54, 1.807) is 48.5 Å². The summed E-state index contributed by atoms with van der Waals surface area (Å²) in [5.41, 5.74) is -0.171. The monoisotopic (exact) mass is 379 g/mol. The van der Waals surface area contributed by atoms with Crippen LogP contribution in [0, 0.1) is 0 Å². The highest BCUT2D eigenvalue weighted by atomic mass is 16.5. The van der Waals surface area contributed by atoms with Gasteiger partial charge >= 0.3 is 6.03 Å². The SMILES string of the molecule is O=C(Cc1ccccc1)NC(=O)C1CC2(NC(=O)NC2=O)c2ccccc2O1. The number of urea groups is 1. The minimum absolute atomic E-state index is 0.0399. The number of imide groups is 2. The molecule has 8 nitrogen and oxygen atoms in total. The maximum atomic E-state index is 12.6. The molecule has 4 rings (SSSR count). The number of ether oxygens (including phenoxy) is 1. The molecule has 1 spiro atoms. The summed E-state index contributed by atoms with van der Waals surface area (Å²) in [6.07, 6.45) is -1.19. The molecule has 2 aliphatic heterocycles.